The molecule has 4 rings (SSSR count). The van der Waals surface area contributed by atoms with E-state index in [-0.39, 0.29) is 0 Å². The fourth-order valence-electron chi connectivity index (χ4n) is 8.33. The van der Waals surface area contributed by atoms with Crippen LogP contribution in [0.2, 0.25) is 0 Å². The summed E-state index contributed by atoms with van der Waals surface area (Å²) in [5.74, 6) is 3.64. The molecule has 7 atom stereocenters. The maximum absolute atomic E-state index is 4.66. The third kappa shape index (κ3) is 2.84. The molecular formula is C28H44. The highest BCUT2D eigenvalue weighted by molar-refractivity contribution is 5.28. The van der Waals surface area contributed by atoms with Crippen LogP contribution in [0.25, 0.3) is 0 Å². The number of rotatable bonds is 4. The molecule has 0 aliphatic heterocycles. The molecule has 0 N–H and O–H groups in total. The van der Waals surface area contributed by atoms with Crippen molar-refractivity contribution in [1.29, 1.82) is 0 Å². The van der Waals surface area contributed by atoms with Crippen LogP contribution in [0.15, 0.2) is 36.0 Å². The summed E-state index contributed by atoms with van der Waals surface area (Å²) in [6, 6.07) is 0. The summed E-state index contributed by atoms with van der Waals surface area (Å²) < 4.78 is 0. The molecule has 0 aromatic carbocycles. The Hall–Kier alpha value is -0.780. The Bertz CT molecular complexity index is 695. The first-order chi connectivity index (χ1) is 13.1. The zero-order valence-electron chi connectivity index (χ0n) is 19.4. The van der Waals surface area contributed by atoms with Crippen LogP contribution in [0.1, 0.15) is 98.8 Å². The summed E-state index contributed by atoms with van der Waals surface area (Å²) in [5.41, 5.74) is 5.93. The molecule has 0 saturated heterocycles. The first-order valence-corrected chi connectivity index (χ1v) is 12.1. The summed E-state index contributed by atoms with van der Waals surface area (Å²) in [5, 5.41) is 0. The predicted molar refractivity (Wildman–Crippen MR) is 122 cm³/mol. The van der Waals surface area contributed by atoms with E-state index in [4.69, 9.17) is 0 Å². The van der Waals surface area contributed by atoms with Crippen LogP contribution in [0.4, 0.5) is 0 Å². The van der Waals surface area contributed by atoms with Crippen molar-refractivity contribution < 1.29 is 0 Å². The van der Waals surface area contributed by atoms with Crippen molar-refractivity contribution in [1.82, 2.24) is 0 Å². The summed E-state index contributed by atoms with van der Waals surface area (Å²) >= 11 is 0. The third-order valence-corrected chi connectivity index (χ3v) is 10.6. The average molecular weight is 381 g/mol. The lowest BCUT2D eigenvalue weighted by Gasteiger charge is -2.60. The minimum absolute atomic E-state index is 0.323. The van der Waals surface area contributed by atoms with Gasteiger partial charge in [0.1, 0.15) is 0 Å². The molecule has 0 amide bonds. The largest absolute Gasteiger partial charge is 0.100 e. The van der Waals surface area contributed by atoms with Crippen LogP contribution >= 0.6 is 0 Å². The predicted octanol–water partition coefficient (Wildman–Crippen LogP) is 8.50. The molecule has 3 fully saturated rings. The standard InChI is InChI=1S/C28H44/c1-19(2)8-9-21(4)27(6)16-14-25-23-11-10-22-18-20(3)12-15-26(22,5)24(23)13-17-28(25,27)7/h10,20,23-25H,1,4,8-9,11-18H2,2-3,5-7H3. The van der Waals surface area contributed by atoms with Crippen LogP contribution in [0.5, 0.6) is 0 Å². The maximum Gasteiger partial charge on any atom is -0.00623 e. The van der Waals surface area contributed by atoms with Gasteiger partial charge < -0.3 is 0 Å². The molecule has 0 spiro atoms. The average Bonchev–Trinajstić information content (AvgIpc) is 2.92. The molecule has 0 bridgehead atoms. The minimum atomic E-state index is 0.323. The van der Waals surface area contributed by atoms with Crippen LogP contribution < -0.4 is 0 Å². The quantitative estimate of drug-likeness (QED) is 0.429. The van der Waals surface area contributed by atoms with E-state index in [0.29, 0.717) is 16.2 Å². The summed E-state index contributed by atoms with van der Waals surface area (Å²) in [7, 11) is 0. The molecule has 0 nitrogen and oxygen atoms in total. The first-order valence-electron chi connectivity index (χ1n) is 12.1. The monoisotopic (exact) mass is 380 g/mol. The van der Waals surface area contributed by atoms with E-state index in [1.807, 2.05) is 5.57 Å². The van der Waals surface area contributed by atoms with Crippen molar-refractivity contribution in [2.45, 2.75) is 98.8 Å². The van der Waals surface area contributed by atoms with Gasteiger partial charge in [-0.2, -0.15) is 0 Å². The van der Waals surface area contributed by atoms with Crippen LogP contribution in [0, 0.1) is 39.9 Å². The number of fused-ring (bicyclic) bond motifs is 5. The fraction of sp³-hybridized carbons (Fsp3) is 0.786. The van der Waals surface area contributed by atoms with E-state index in [1.165, 1.54) is 62.5 Å². The van der Waals surface area contributed by atoms with E-state index >= 15 is 0 Å². The highest BCUT2D eigenvalue weighted by Crippen LogP contribution is 2.71. The van der Waals surface area contributed by atoms with Gasteiger partial charge in [-0.1, -0.05) is 57.1 Å². The zero-order chi connectivity index (χ0) is 20.3. The Morgan fingerprint density at radius 1 is 1.00 bits per heavy atom. The van der Waals surface area contributed by atoms with Crippen molar-refractivity contribution in [3.8, 4) is 0 Å². The van der Waals surface area contributed by atoms with Gasteiger partial charge in [-0.15, -0.1) is 6.58 Å². The SMILES string of the molecule is C=C(C)CCC(=C)C1(C)CCC2C3CC=C4CC(C)CCC4(C)C3CCC21C. The number of hydrogen-bond acceptors (Lipinski definition) is 0. The molecule has 3 saturated carbocycles. The van der Waals surface area contributed by atoms with E-state index < -0.39 is 0 Å². The second-order valence-corrected chi connectivity index (χ2v) is 12.0. The molecule has 0 heterocycles. The van der Waals surface area contributed by atoms with Gasteiger partial charge in [0, 0.05) is 0 Å². The molecular weight excluding hydrogens is 336 g/mol. The van der Waals surface area contributed by atoms with Gasteiger partial charge in [-0.25, -0.2) is 0 Å². The molecule has 4 aliphatic carbocycles. The highest BCUT2D eigenvalue weighted by atomic mass is 14.7. The lowest BCUT2D eigenvalue weighted by atomic mass is 9.45. The van der Waals surface area contributed by atoms with Crippen LogP contribution in [-0.2, 0) is 0 Å². The molecule has 0 aromatic heterocycles. The van der Waals surface area contributed by atoms with Gasteiger partial charge in [-0.05, 0) is 111 Å². The second-order valence-electron chi connectivity index (χ2n) is 12.0. The minimum Gasteiger partial charge on any atom is -0.100 e. The van der Waals surface area contributed by atoms with E-state index in [1.54, 1.807) is 0 Å². The Morgan fingerprint density at radius 2 is 1.71 bits per heavy atom. The molecule has 4 aliphatic rings. The van der Waals surface area contributed by atoms with Gasteiger partial charge in [-0.3, -0.25) is 0 Å². The second kappa shape index (κ2) is 6.88. The Kier molecular flexibility index (Phi) is 5.04. The van der Waals surface area contributed by atoms with Crippen LogP contribution in [0.3, 0.4) is 0 Å². The topological polar surface area (TPSA) is 0 Å². The van der Waals surface area contributed by atoms with Gasteiger partial charge in [0.2, 0.25) is 0 Å². The molecule has 0 radical (unpaired) electrons. The van der Waals surface area contributed by atoms with Gasteiger partial charge >= 0.3 is 0 Å². The number of allylic oxidation sites excluding steroid dienone is 4. The first kappa shape index (κ1) is 20.5. The van der Waals surface area contributed by atoms with Crippen LogP contribution in [-0.4, -0.2) is 0 Å². The molecule has 0 heteroatoms. The molecule has 28 heavy (non-hydrogen) atoms. The lowest BCUT2D eigenvalue weighted by molar-refractivity contribution is -0.0596. The maximum atomic E-state index is 4.66. The van der Waals surface area contributed by atoms with Gasteiger partial charge in [0.15, 0.2) is 0 Å². The highest BCUT2D eigenvalue weighted by Gasteiger charge is 2.62. The summed E-state index contributed by atoms with van der Waals surface area (Å²) in [4.78, 5) is 0. The van der Waals surface area contributed by atoms with Crippen molar-refractivity contribution in [3.63, 3.8) is 0 Å². The molecule has 0 aromatic rings. The molecule has 7 unspecified atom stereocenters. The third-order valence-electron chi connectivity index (χ3n) is 10.6. The van der Waals surface area contributed by atoms with Crippen molar-refractivity contribution in [3.05, 3.63) is 36.0 Å². The molecule has 156 valence electrons. The number of hydrogen-bond donors (Lipinski definition) is 0. The van der Waals surface area contributed by atoms with E-state index in [2.05, 4.69) is 53.9 Å². The Labute approximate surface area is 175 Å². The van der Waals surface area contributed by atoms with Gasteiger partial charge in [0.25, 0.3) is 0 Å². The normalized spacial score (nSPS) is 47.5. The van der Waals surface area contributed by atoms with Crippen molar-refractivity contribution >= 4 is 0 Å². The van der Waals surface area contributed by atoms with E-state index in [9.17, 15) is 0 Å². The lowest BCUT2D eigenvalue weighted by Crippen LogP contribution is -2.52. The van der Waals surface area contributed by atoms with Crippen molar-refractivity contribution in [2.75, 3.05) is 0 Å². The Morgan fingerprint density at radius 3 is 2.43 bits per heavy atom. The summed E-state index contributed by atoms with van der Waals surface area (Å²) in [6.45, 7) is 21.3. The van der Waals surface area contributed by atoms with Gasteiger partial charge in [0.05, 0.1) is 0 Å². The van der Waals surface area contributed by atoms with Crippen molar-refractivity contribution in [2.24, 2.45) is 39.9 Å². The zero-order valence-corrected chi connectivity index (χ0v) is 19.4. The van der Waals surface area contributed by atoms with E-state index in [0.717, 1.165) is 36.5 Å². The Balaban J connectivity index is 1.60. The summed E-state index contributed by atoms with van der Waals surface area (Å²) in [6.07, 6.45) is 16.2. The fourth-order valence-corrected chi connectivity index (χ4v) is 8.33. The smallest absolute Gasteiger partial charge is 0.00623 e.